The fourth-order valence-corrected chi connectivity index (χ4v) is 4.97. The Hall–Kier alpha value is -1.50. The lowest BCUT2D eigenvalue weighted by Gasteiger charge is -2.31. The highest BCUT2D eigenvalue weighted by atomic mass is 79.9. The van der Waals surface area contributed by atoms with Gasteiger partial charge in [0, 0.05) is 27.0 Å². The molecular formula is C19H13BrF3NS. The van der Waals surface area contributed by atoms with Crippen LogP contribution in [0.5, 0.6) is 0 Å². The largest absolute Gasteiger partial charge is 0.326 e. The molecule has 2 unspecified atom stereocenters. The van der Waals surface area contributed by atoms with E-state index in [0.717, 1.165) is 31.8 Å². The van der Waals surface area contributed by atoms with Crippen LogP contribution in [-0.4, -0.2) is 6.04 Å². The molecule has 0 aliphatic carbocycles. The Balaban J connectivity index is 1.81. The maximum Gasteiger partial charge on any atom is 0.161 e. The second-order valence-corrected chi connectivity index (χ2v) is 8.20. The van der Waals surface area contributed by atoms with Gasteiger partial charge in [0.15, 0.2) is 11.6 Å². The monoisotopic (exact) mass is 423 g/mol. The van der Waals surface area contributed by atoms with Crippen molar-refractivity contribution in [3.05, 3.63) is 75.5 Å². The van der Waals surface area contributed by atoms with Crippen LogP contribution < -0.4 is 5.73 Å². The zero-order chi connectivity index (χ0) is 17.7. The van der Waals surface area contributed by atoms with Gasteiger partial charge in [-0.2, -0.15) is 0 Å². The van der Waals surface area contributed by atoms with Gasteiger partial charge in [0.2, 0.25) is 0 Å². The van der Waals surface area contributed by atoms with E-state index in [-0.39, 0.29) is 5.56 Å². The molecule has 0 aromatic heterocycles. The van der Waals surface area contributed by atoms with E-state index >= 15 is 0 Å². The molecule has 25 heavy (non-hydrogen) atoms. The van der Waals surface area contributed by atoms with Crippen LogP contribution in [0.3, 0.4) is 0 Å². The van der Waals surface area contributed by atoms with Gasteiger partial charge in [-0.25, -0.2) is 13.2 Å². The van der Waals surface area contributed by atoms with Crippen molar-refractivity contribution in [2.75, 3.05) is 0 Å². The van der Waals surface area contributed by atoms with Crippen molar-refractivity contribution in [1.29, 1.82) is 0 Å². The average Bonchev–Trinajstić information content (AvgIpc) is 2.58. The Morgan fingerprint density at radius 2 is 1.68 bits per heavy atom. The molecule has 2 atom stereocenters. The first-order valence-corrected chi connectivity index (χ1v) is 9.39. The van der Waals surface area contributed by atoms with Crippen LogP contribution in [-0.2, 0) is 6.42 Å². The summed E-state index contributed by atoms with van der Waals surface area (Å²) in [5, 5.41) is 1.73. The molecule has 4 rings (SSSR count). The van der Waals surface area contributed by atoms with Crippen molar-refractivity contribution in [1.82, 2.24) is 0 Å². The lowest BCUT2D eigenvalue weighted by Crippen LogP contribution is -2.32. The van der Waals surface area contributed by atoms with Gasteiger partial charge < -0.3 is 5.73 Å². The van der Waals surface area contributed by atoms with Crippen LogP contribution in [0.15, 0.2) is 51.8 Å². The summed E-state index contributed by atoms with van der Waals surface area (Å²) in [6.07, 6.45) is 0.541. The standard InChI is InChI=1S/C19H13BrF3NS/c20-10-3-1-9-2-4-18-12(11(9)5-10)7-17(24)19(25-18)13-6-15(22)16(23)8-14(13)21/h1-6,8,17,19H,7,24H2. The predicted molar refractivity (Wildman–Crippen MR) is 98.2 cm³/mol. The molecule has 3 aromatic carbocycles. The molecule has 2 N–H and O–H groups in total. The minimum Gasteiger partial charge on any atom is -0.326 e. The molecule has 0 fully saturated rings. The van der Waals surface area contributed by atoms with Gasteiger partial charge in [-0.05, 0) is 47.0 Å². The van der Waals surface area contributed by atoms with E-state index in [1.165, 1.54) is 11.8 Å². The van der Waals surface area contributed by atoms with Crippen molar-refractivity contribution in [3.8, 4) is 0 Å². The lowest BCUT2D eigenvalue weighted by molar-refractivity contribution is 0.485. The first-order chi connectivity index (χ1) is 11.9. The van der Waals surface area contributed by atoms with E-state index in [2.05, 4.69) is 15.9 Å². The minimum atomic E-state index is -1.19. The lowest BCUT2D eigenvalue weighted by atomic mass is 9.94. The van der Waals surface area contributed by atoms with E-state index in [0.29, 0.717) is 12.5 Å². The zero-order valence-corrected chi connectivity index (χ0v) is 15.3. The number of hydrogen-bond acceptors (Lipinski definition) is 2. The molecule has 0 spiro atoms. The van der Waals surface area contributed by atoms with Crippen LogP contribution >= 0.6 is 27.7 Å². The first kappa shape index (κ1) is 16.9. The Bertz CT molecular complexity index is 992. The summed E-state index contributed by atoms with van der Waals surface area (Å²) in [7, 11) is 0. The molecule has 1 heterocycles. The third kappa shape index (κ3) is 2.96. The fraction of sp³-hybridized carbons (Fsp3) is 0.158. The summed E-state index contributed by atoms with van der Waals surface area (Å²) in [5.74, 6) is -3.01. The summed E-state index contributed by atoms with van der Waals surface area (Å²) in [6, 6.07) is 11.1. The van der Waals surface area contributed by atoms with Gasteiger partial charge >= 0.3 is 0 Å². The number of fused-ring (bicyclic) bond motifs is 3. The molecular weight excluding hydrogens is 411 g/mol. The Labute approximate surface area is 155 Å². The van der Waals surface area contributed by atoms with Crippen molar-refractivity contribution >= 4 is 38.5 Å². The van der Waals surface area contributed by atoms with Gasteiger partial charge in [-0.15, -0.1) is 11.8 Å². The molecule has 1 nitrogen and oxygen atoms in total. The predicted octanol–water partition coefficient (Wildman–Crippen LogP) is 5.74. The molecule has 0 radical (unpaired) electrons. The van der Waals surface area contributed by atoms with Crippen molar-refractivity contribution < 1.29 is 13.2 Å². The van der Waals surface area contributed by atoms with Gasteiger partial charge in [0.25, 0.3) is 0 Å². The highest BCUT2D eigenvalue weighted by molar-refractivity contribution is 9.10. The second kappa shape index (κ2) is 6.34. The highest BCUT2D eigenvalue weighted by Crippen LogP contribution is 2.47. The first-order valence-electron chi connectivity index (χ1n) is 7.72. The molecule has 1 aliphatic heterocycles. The van der Waals surface area contributed by atoms with Crippen LogP contribution in [0.1, 0.15) is 16.4 Å². The van der Waals surface area contributed by atoms with E-state index in [1.807, 2.05) is 30.3 Å². The zero-order valence-electron chi connectivity index (χ0n) is 12.9. The molecule has 6 heteroatoms. The number of halogens is 4. The Morgan fingerprint density at radius 3 is 2.48 bits per heavy atom. The SMILES string of the molecule is NC1Cc2c(ccc3ccc(Br)cc23)SC1c1cc(F)c(F)cc1F. The topological polar surface area (TPSA) is 26.0 Å². The molecule has 0 saturated heterocycles. The summed E-state index contributed by atoms with van der Waals surface area (Å²) in [6.45, 7) is 0. The molecule has 1 aliphatic rings. The van der Waals surface area contributed by atoms with Crippen molar-refractivity contribution in [2.24, 2.45) is 5.73 Å². The van der Waals surface area contributed by atoms with Crippen molar-refractivity contribution in [3.63, 3.8) is 0 Å². The highest BCUT2D eigenvalue weighted by Gasteiger charge is 2.31. The molecule has 0 amide bonds. The van der Waals surface area contributed by atoms with E-state index in [1.54, 1.807) is 0 Å². The molecule has 128 valence electrons. The molecule has 3 aromatic rings. The fourth-order valence-electron chi connectivity index (χ4n) is 3.27. The number of rotatable bonds is 1. The van der Waals surface area contributed by atoms with Gasteiger partial charge in [0.05, 0.1) is 5.25 Å². The summed E-state index contributed by atoms with van der Waals surface area (Å²) < 4.78 is 42.0. The van der Waals surface area contributed by atoms with Crippen LogP contribution in [0.2, 0.25) is 0 Å². The number of thioether (sulfide) groups is 1. The number of hydrogen-bond donors (Lipinski definition) is 1. The second-order valence-electron chi connectivity index (χ2n) is 6.10. The van der Waals surface area contributed by atoms with E-state index in [4.69, 9.17) is 5.73 Å². The maximum atomic E-state index is 14.2. The Morgan fingerprint density at radius 1 is 0.960 bits per heavy atom. The normalized spacial score (nSPS) is 19.9. The average molecular weight is 424 g/mol. The third-order valence-corrected chi connectivity index (χ3v) is 6.47. The summed E-state index contributed by atoms with van der Waals surface area (Å²) >= 11 is 4.88. The minimum absolute atomic E-state index is 0.108. The van der Waals surface area contributed by atoms with E-state index < -0.39 is 28.7 Å². The van der Waals surface area contributed by atoms with Crippen LogP contribution in [0.25, 0.3) is 10.8 Å². The molecule has 0 saturated carbocycles. The van der Waals surface area contributed by atoms with Crippen LogP contribution in [0.4, 0.5) is 13.2 Å². The number of nitrogens with two attached hydrogens (primary N) is 1. The summed E-state index contributed by atoms with van der Waals surface area (Å²) in [5.41, 5.74) is 7.51. The van der Waals surface area contributed by atoms with Gasteiger partial charge in [-0.1, -0.05) is 28.1 Å². The van der Waals surface area contributed by atoms with Crippen LogP contribution in [0, 0.1) is 17.5 Å². The maximum absolute atomic E-state index is 14.2. The van der Waals surface area contributed by atoms with Crippen molar-refractivity contribution in [2.45, 2.75) is 22.6 Å². The third-order valence-electron chi connectivity index (χ3n) is 4.48. The smallest absolute Gasteiger partial charge is 0.161 e. The van der Waals surface area contributed by atoms with Gasteiger partial charge in [0.1, 0.15) is 5.82 Å². The van der Waals surface area contributed by atoms with E-state index in [9.17, 15) is 13.2 Å². The molecule has 0 bridgehead atoms. The van der Waals surface area contributed by atoms with Gasteiger partial charge in [-0.3, -0.25) is 0 Å². The number of benzene rings is 3. The quantitative estimate of drug-likeness (QED) is 0.505. The summed E-state index contributed by atoms with van der Waals surface area (Å²) in [4.78, 5) is 0.987. The Kier molecular flexibility index (Phi) is 4.30.